The van der Waals surface area contributed by atoms with Crippen LogP contribution in [0.5, 0.6) is 0 Å². The summed E-state index contributed by atoms with van der Waals surface area (Å²) in [6, 6.07) is 0. The molecule has 6 nitrogen and oxygen atoms in total. The van der Waals surface area contributed by atoms with Gasteiger partial charge < -0.3 is 14.2 Å². The molecule has 0 spiro atoms. The van der Waals surface area contributed by atoms with E-state index in [4.69, 9.17) is 14.2 Å². The molecule has 0 radical (unpaired) electrons. The molecule has 0 bridgehead atoms. The first kappa shape index (κ1) is 77.5. The predicted octanol–water partition coefficient (Wildman–Crippen LogP) is 23.7. The van der Waals surface area contributed by atoms with Gasteiger partial charge in [-0.3, -0.25) is 14.4 Å². The Morgan fingerprint density at radius 2 is 0.476 bits per heavy atom. The quantitative estimate of drug-likeness (QED) is 0.0261. The third-order valence-corrected chi connectivity index (χ3v) is 14.4. The van der Waals surface area contributed by atoms with Crippen LogP contribution >= 0.6 is 0 Å². The van der Waals surface area contributed by atoms with Crippen LogP contribution in [0.25, 0.3) is 0 Å². The molecular weight excluding hydrogens is 1010 g/mol. The first-order chi connectivity index (χ1) is 40.5. The van der Waals surface area contributed by atoms with Gasteiger partial charge in [-0.1, -0.05) is 309 Å². The number of carbonyl (C=O) groups is 3. The minimum absolute atomic E-state index is 0.0815. The van der Waals surface area contributed by atoms with E-state index < -0.39 is 6.10 Å². The topological polar surface area (TPSA) is 78.9 Å². The average molecular weight is 1140 g/mol. The molecule has 0 saturated carbocycles. The van der Waals surface area contributed by atoms with Gasteiger partial charge in [-0.05, 0) is 116 Å². The molecule has 0 aromatic carbocycles. The zero-order valence-corrected chi connectivity index (χ0v) is 53.5. The van der Waals surface area contributed by atoms with E-state index >= 15 is 0 Å². The van der Waals surface area contributed by atoms with Crippen molar-refractivity contribution in [2.75, 3.05) is 13.2 Å². The molecule has 0 saturated heterocycles. The number of ether oxygens (including phenoxy) is 3. The first-order valence-electron chi connectivity index (χ1n) is 34.2. The van der Waals surface area contributed by atoms with Gasteiger partial charge in [0, 0.05) is 19.3 Å². The van der Waals surface area contributed by atoms with Gasteiger partial charge in [0.25, 0.3) is 0 Å². The number of unbranched alkanes of at least 4 members (excludes halogenated alkanes) is 28. The maximum Gasteiger partial charge on any atom is 0.306 e. The molecule has 0 N–H and O–H groups in total. The molecule has 0 rings (SSSR count). The Morgan fingerprint density at radius 1 is 0.256 bits per heavy atom. The number of hydrogen-bond donors (Lipinski definition) is 0. The summed E-state index contributed by atoms with van der Waals surface area (Å²) in [5.74, 6) is -0.887. The Balaban J connectivity index is 4.25. The van der Waals surface area contributed by atoms with Crippen molar-refractivity contribution in [3.63, 3.8) is 0 Å². The molecule has 0 aliphatic rings. The van der Waals surface area contributed by atoms with Crippen LogP contribution in [0.15, 0.2) is 134 Å². The van der Waals surface area contributed by atoms with Crippen LogP contribution in [-0.4, -0.2) is 37.2 Å². The van der Waals surface area contributed by atoms with E-state index in [1.807, 2.05) is 0 Å². The van der Waals surface area contributed by atoms with Crippen molar-refractivity contribution >= 4 is 17.9 Å². The fraction of sp³-hybridized carbons (Fsp3) is 0.671. The Bertz CT molecular complexity index is 1730. The Morgan fingerprint density at radius 3 is 0.744 bits per heavy atom. The van der Waals surface area contributed by atoms with Gasteiger partial charge in [0.2, 0.25) is 0 Å². The van der Waals surface area contributed by atoms with Gasteiger partial charge in [0.15, 0.2) is 6.10 Å². The summed E-state index contributed by atoms with van der Waals surface area (Å²) in [5.41, 5.74) is 0. The van der Waals surface area contributed by atoms with Gasteiger partial charge in [-0.2, -0.15) is 0 Å². The van der Waals surface area contributed by atoms with Crippen molar-refractivity contribution in [1.29, 1.82) is 0 Å². The SMILES string of the molecule is CC/C=C\C/C=C\C/C=C\C/C=C\C/C=C\C/C=C\C/C=C\CCCCCCCCCCCC(=O)OCC(COC(=O)CCCCCCCCCCCC)OC(=O)CCCCCCCCCCCC/C=C\C/C=C\C/C=C\C/C=C\CC. The highest BCUT2D eigenvalue weighted by Crippen LogP contribution is 2.16. The zero-order valence-electron chi connectivity index (χ0n) is 53.5. The molecule has 0 aliphatic carbocycles. The fourth-order valence-corrected chi connectivity index (χ4v) is 9.36. The number of esters is 3. The summed E-state index contributed by atoms with van der Waals surface area (Å²) in [7, 11) is 0. The van der Waals surface area contributed by atoms with Crippen molar-refractivity contribution in [3.8, 4) is 0 Å². The van der Waals surface area contributed by atoms with E-state index in [1.165, 1.54) is 135 Å². The van der Waals surface area contributed by atoms with Gasteiger partial charge >= 0.3 is 17.9 Å². The lowest BCUT2D eigenvalue weighted by Gasteiger charge is -2.18. The molecule has 0 aliphatic heterocycles. The van der Waals surface area contributed by atoms with E-state index in [1.54, 1.807) is 0 Å². The number of carbonyl (C=O) groups excluding carboxylic acids is 3. The second kappa shape index (κ2) is 69.0. The van der Waals surface area contributed by atoms with E-state index in [0.29, 0.717) is 19.3 Å². The van der Waals surface area contributed by atoms with Crippen LogP contribution < -0.4 is 0 Å². The van der Waals surface area contributed by atoms with Crippen molar-refractivity contribution in [3.05, 3.63) is 134 Å². The number of hydrogen-bond acceptors (Lipinski definition) is 6. The summed E-state index contributed by atoms with van der Waals surface area (Å²) < 4.78 is 16.9. The van der Waals surface area contributed by atoms with E-state index in [-0.39, 0.29) is 31.1 Å². The normalized spacial score (nSPS) is 13.0. The minimum Gasteiger partial charge on any atom is -0.462 e. The van der Waals surface area contributed by atoms with Gasteiger partial charge in [0.05, 0.1) is 0 Å². The van der Waals surface area contributed by atoms with Gasteiger partial charge in [0.1, 0.15) is 13.2 Å². The lowest BCUT2D eigenvalue weighted by Crippen LogP contribution is -2.30. The largest absolute Gasteiger partial charge is 0.462 e. The standard InChI is InChI=1S/C76H126O6/c1-4-7-10-13-16-19-22-24-26-28-30-32-34-35-36-37-38-39-40-41-43-44-46-48-50-52-54-57-60-63-66-69-75(78)81-72-73(71-80-74(77)68-65-62-59-56-21-18-15-12-9-6-3)82-76(79)70-67-64-61-58-55-53-51-49-47-45-42-33-31-29-27-25-23-20-17-14-11-8-5-2/h7-8,10-11,16-17,19-20,24-27,30-33,35-36,38-39,41,43,73H,4-6,9,12-15,18,21-23,28-29,34,37,40,42,44-72H2,1-3H3/b10-7-,11-8-,19-16-,20-17-,26-24-,27-25-,32-30-,33-31-,36-35-,39-38-,43-41-. The zero-order chi connectivity index (χ0) is 59.2. The summed E-state index contributed by atoms with van der Waals surface area (Å²) in [6.07, 6.45) is 97.6. The van der Waals surface area contributed by atoms with Gasteiger partial charge in [-0.15, -0.1) is 0 Å². The molecule has 0 amide bonds. The van der Waals surface area contributed by atoms with Crippen molar-refractivity contribution in [2.24, 2.45) is 0 Å². The lowest BCUT2D eigenvalue weighted by atomic mass is 10.0. The van der Waals surface area contributed by atoms with Crippen LogP contribution in [0.1, 0.15) is 310 Å². The summed E-state index contributed by atoms with van der Waals surface area (Å²) >= 11 is 0. The second-order valence-electron chi connectivity index (χ2n) is 22.3. The third kappa shape index (κ3) is 66.4. The van der Waals surface area contributed by atoms with E-state index in [2.05, 4.69) is 154 Å². The first-order valence-corrected chi connectivity index (χ1v) is 34.2. The summed E-state index contributed by atoms with van der Waals surface area (Å²) in [6.45, 7) is 6.41. The smallest absolute Gasteiger partial charge is 0.306 e. The molecule has 0 heterocycles. The third-order valence-electron chi connectivity index (χ3n) is 14.4. The molecule has 1 atom stereocenters. The van der Waals surface area contributed by atoms with Crippen LogP contribution in [-0.2, 0) is 28.6 Å². The Labute approximate surface area is 506 Å². The maximum absolute atomic E-state index is 12.9. The molecule has 1 unspecified atom stereocenters. The molecule has 466 valence electrons. The van der Waals surface area contributed by atoms with Gasteiger partial charge in [-0.25, -0.2) is 0 Å². The highest BCUT2D eigenvalue weighted by Gasteiger charge is 2.19. The van der Waals surface area contributed by atoms with Crippen LogP contribution in [0.2, 0.25) is 0 Å². The average Bonchev–Trinajstić information content (AvgIpc) is 3.47. The van der Waals surface area contributed by atoms with E-state index in [0.717, 1.165) is 135 Å². The van der Waals surface area contributed by atoms with Crippen LogP contribution in [0.4, 0.5) is 0 Å². The van der Waals surface area contributed by atoms with Crippen molar-refractivity contribution in [1.82, 2.24) is 0 Å². The highest BCUT2D eigenvalue weighted by molar-refractivity contribution is 5.71. The Kier molecular flexibility index (Phi) is 65.3. The van der Waals surface area contributed by atoms with E-state index in [9.17, 15) is 14.4 Å². The number of allylic oxidation sites excluding steroid dienone is 22. The maximum atomic E-state index is 12.9. The highest BCUT2D eigenvalue weighted by atomic mass is 16.6. The molecule has 0 aromatic heterocycles. The fourth-order valence-electron chi connectivity index (χ4n) is 9.36. The number of rotatable bonds is 61. The predicted molar refractivity (Wildman–Crippen MR) is 357 cm³/mol. The minimum atomic E-state index is -0.786. The monoisotopic (exact) mass is 1130 g/mol. The molecule has 82 heavy (non-hydrogen) atoms. The summed E-state index contributed by atoms with van der Waals surface area (Å²) in [4.78, 5) is 38.3. The molecule has 0 aromatic rings. The summed E-state index contributed by atoms with van der Waals surface area (Å²) in [5, 5.41) is 0. The molecular formula is C76H126O6. The van der Waals surface area contributed by atoms with Crippen molar-refractivity contribution < 1.29 is 28.6 Å². The van der Waals surface area contributed by atoms with Crippen LogP contribution in [0.3, 0.4) is 0 Å². The lowest BCUT2D eigenvalue weighted by molar-refractivity contribution is -0.167. The Hall–Kier alpha value is -4.45. The molecule has 0 fully saturated rings. The van der Waals surface area contributed by atoms with Crippen LogP contribution in [0, 0.1) is 0 Å². The second-order valence-corrected chi connectivity index (χ2v) is 22.3. The van der Waals surface area contributed by atoms with Crippen molar-refractivity contribution in [2.45, 2.75) is 316 Å². The molecule has 6 heteroatoms.